The highest BCUT2D eigenvalue weighted by molar-refractivity contribution is 7.09. The number of ether oxygens (including phenoxy) is 1. The lowest BCUT2D eigenvalue weighted by atomic mass is 9.82. The van der Waals surface area contributed by atoms with Crippen molar-refractivity contribution in [3.63, 3.8) is 0 Å². The first kappa shape index (κ1) is 24.5. The first-order valence-electron chi connectivity index (χ1n) is 12.0. The van der Waals surface area contributed by atoms with Gasteiger partial charge in [-0.15, -0.1) is 11.3 Å². The zero-order valence-corrected chi connectivity index (χ0v) is 20.7. The van der Waals surface area contributed by atoms with Gasteiger partial charge in [0.1, 0.15) is 5.75 Å². The third kappa shape index (κ3) is 5.02. The van der Waals surface area contributed by atoms with Crippen LogP contribution in [0.15, 0.2) is 60.0 Å². The summed E-state index contributed by atoms with van der Waals surface area (Å²) in [5.41, 5.74) is 1.74. The molecule has 0 saturated carbocycles. The third-order valence-electron chi connectivity index (χ3n) is 7.06. The predicted octanol–water partition coefficient (Wildman–Crippen LogP) is 5.00. The monoisotopic (exact) mass is 515 g/mol. The lowest BCUT2D eigenvalue weighted by Crippen LogP contribution is -2.61. The topological polar surface area (TPSA) is 44.8 Å². The number of nitrogens with zero attached hydrogens (tertiary/aromatic N) is 2. The molecule has 3 heterocycles. The van der Waals surface area contributed by atoms with E-state index in [0.717, 1.165) is 29.6 Å². The summed E-state index contributed by atoms with van der Waals surface area (Å²) in [4.78, 5) is 19.0. The molecule has 190 valence electrons. The van der Waals surface area contributed by atoms with Crippen molar-refractivity contribution in [2.45, 2.75) is 25.1 Å². The number of amides is 1. The van der Waals surface area contributed by atoms with Crippen LogP contribution in [0.4, 0.5) is 24.5 Å². The molecule has 2 aliphatic rings. The SMILES string of the molecule is COc1ccc(N2CCN3c4ccc(C(F)(F)F)cc4C[C@@H](C(=O)NCCc4cccs4)[C@H]3C2)cc1. The summed E-state index contributed by atoms with van der Waals surface area (Å²) in [7, 11) is 1.62. The second-order valence-corrected chi connectivity index (χ2v) is 10.2. The smallest absolute Gasteiger partial charge is 0.416 e. The molecule has 0 bridgehead atoms. The number of halogens is 3. The molecular weight excluding hydrogens is 487 g/mol. The van der Waals surface area contributed by atoms with E-state index in [0.29, 0.717) is 31.7 Å². The van der Waals surface area contributed by atoms with E-state index in [1.54, 1.807) is 24.5 Å². The van der Waals surface area contributed by atoms with E-state index < -0.39 is 17.7 Å². The summed E-state index contributed by atoms with van der Waals surface area (Å²) in [6, 6.07) is 15.6. The Morgan fingerprint density at radius 3 is 2.64 bits per heavy atom. The van der Waals surface area contributed by atoms with Gasteiger partial charge < -0.3 is 19.9 Å². The molecule has 5 rings (SSSR count). The minimum atomic E-state index is -4.42. The summed E-state index contributed by atoms with van der Waals surface area (Å²) in [5.74, 6) is 0.207. The lowest BCUT2D eigenvalue weighted by molar-refractivity contribution is -0.137. The predicted molar refractivity (Wildman–Crippen MR) is 136 cm³/mol. The van der Waals surface area contributed by atoms with Crippen LogP contribution in [0.3, 0.4) is 0 Å². The van der Waals surface area contributed by atoms with Gasteiger partial charge in [-0.1, -0.05) is 6.07 Å². The fraction of sp³-hybridized carbons (Fsp3) is 0.370. The average molecular weight is 516 g/mol. The number of piperazine rings is 1. The maximum absolute atomic E-state index is 13.4. The van der Waals surface area contributed by atoms with Gasteiger partial charge in [-0.2, -0.15) is 13.2 Å². The molecule has 1 N–H and O–H groups in total. The van der Waals surface area contributed by atoms with Gasteiger partial charge in [-0.25, -0.2) is 0 Å². The van der Waals surface area contributed by atoms with E-state index in [2.05, 4.69) is 15.1 Å². The molecule has 5 nitrogen and oxygen atoms in total. The van der Waals surface area contributed by atoms with Gasteiger partial charge in [0.05, 0.1) is 24.6 Å². The maximum Gasteiger partial charge on any atom is 0.416 e. The van der Waals surface area contributed by atoms with E-state index in [1.165, 1.54) is 10.9 Å². The van der Waals surface area contributed by atoms with E-state index in [4.69, 9.17) is 4.74 Å². The third-order valence-corrected chi connectivity index (χ3v) is 8.00. The van der Waals surface area contributed by atoms with Crippen molar-refractivity contribution in [1.82, 2.24) is 5.32 Å². The van der Waals surface area contributed by atoms with E-state index >= 15 is 0 Å². The van der Waals surface area contributed by atoms with Crippen molar-refractivity contribution in [2.24, 2.45) is 5.92 Å². The normalized spacial score (nSPS) is 19.4. The summed E-state index contributed by atoms with van der Waals surface area (Å²) in [5, 5.41) is 5.05. The number of nitrogens with one attached hydrogen (secondary N) is 1. The molecular formula is C27H28F3N3O2S. The second-order valence-electron chi connectivity index (χ2n) is 9.18. The molecule has 0 radical (unpaired) electrons. The molecule has 0 spiro atoms. The molecule has 3 aromatic rings. The lowest BCUT2D eigenvalue weighted by Gasteiger charge is -2.49. The van der Waals surface area contributed by atoms with Crippen LogP contribution in [0.1, 0.15) is 16.0 Å². The van der Waals surface area contributed by atoms with Gasteiger partial charge in [0.2, 0.25) is 5.91 Å². The number of fused-ring (bicyclic) bond motifs is 3. The molecule has 36 heavy (non-hydrogen) atoms. The number of carbonyl (C=O) groups excluding carboxylic acids is 1. The highest BCUT2D eigenvalue weighted by Gasteiger charge is 2.42. The Hall–Kier alpha value is -3.20. The summed E-state index contributed by atoms with van der Waals surface area (Å²) < 4.78 is 45.6. The van der Waals surface area contributed by atoms with E-state index in [-0.39, 0.29) is 18.4 Å². The number of hydrogen-bond acceptors (Lipinski definition) is 5. The summed E-state index contributed by atoms with van der Waals surface area (Å²) >= 11 is 1.64. The number of thiophene rings is 1. The van der Waals surface area contributed by atoms with Crippen LogP contribution >= 0.6 is 11.3 Å². The number of rotatable bonds is 6. The molecule has 1 saturated heterocycles. The van der Waals surface area contributed by atoms with E-state index in [9.17, 15) is 18.0 Å². The van der Waals surface area contributed by atoms with E-state index in [1.807, 2.05) is 41.8 Å². The quantitative estimate of drug-likeness (QED) is 0.502. The Morgan fingerprint density at radius 2 is 1.94 bits per heavy atom. The first-order valence-corrected chi connectivity index (χ1v) is 12.9. The van der Waals surface area contributed by atoms with Crippen molar-refractivity contribution in [3.05, 3.63) is 76.0 Å². The molecule has 1 fully saturated rings. The van der Waals surface area contributed by atoms with Crippen molar-refractivity contribution < 1.29 is 22.7 Å². The van der Waals surface area contributed by atoms with Gasteiger partial charge >= 0.3 is 6.18 Å². The highest BCUT2D eigenvalue weighted by atomic mass is 32.1. The van der Waals surface area contributed by atoms with Gasteiger partial charge in [0.25, 0.3) is 0 Å². The Morgan fingerprint density at radius 1 is 1.14 bits per heavy atom. The Bertz CT molecular complexity index is 1200. The fourth-order valence-electron chi connectivity index (χ4n) is 5.22. The number of alkyl halides is 3. The van der Waals surface area contributed by atoms with Crippen LogP contribution in [0.2, 0.25) is 0 Å². The number of carbonyl (C=O) groups is 1. The molecule has 2 aliphatic heterocycles. The van der Waals surface area contributed by atoms with Gasteiger partial charge in [0.15, 0.2) is 0 Å². The zero-order chi connectivity index (χ0) is 25.3. The molecule has 2 aromatic carbocycles. The van der Waals surface area contributed by atoms with Crippen LogP contribution < -0.4 is 19.9 Å². The highest BCUT2D eigenvalue weighted by Crippen LogP contribution is 2.40. The average Bonchev–Trinajstić information content (AvgIpc) is 3.40. The van der Waals surface area contributed by atoms with Gasteiger partial charge in [-0.3, -0.25) is 4.79 Å². The molecule has 0 unspecified atom stereocenters. The number of anilines is 2. The van der Waals surface area contributed by atoms with Crippen LogP contribution in [0, 0.1) is 5.92 Å². The Kier molecular flexibility index (Phi) is 6.83. The molecule has 9 heteroatoms. The Balaban J connectivity index is 1.40. The second kappa shape index (κ2) is 10.0. The minimum absolute atomic E-state index is 0.110. The fourth-order valence-corrected chi connectivity index (χ4v) is 5.93. The zero-order valence-electron chi connectivity index (χ0n) is 19.9. The molecule has 1 aromatic heterocycles. The number of hydrogen-bond donors (Lipinski definition) is 1. The van der Waals surface area contributed by atoms with Crippen LogP contribution in [-0.2, 0) is 23.8 Å². The maximum atomic E-state index is 13.4. The van der Waals surface area contributed by atoms with Gasteiger partial charge in [-0.05, 0) is 72.3 Å². The Labute approximate surface area is 212 Å². The first-order chi connectivity index (χ1) is 17.3. The van der Waals surface area contributed by atoms with Crippen molar-refractivity contribution in [3.8, 4) is 5.75 Å². The van der Waals surface area contributed by atoms with Crippen LogP contribution in [0.5, 0.6) is 5.75 Å². The van der Waals surface area contributed by atoms with Gasteiger partial charge in [0, 0.05) is 42.4 Å². The van der Waals surface area contributed by atoms with Crippen LogP contribution in [-0.4, -0.2) is 45.2 Å². The molecule has 0 aliphatic carbocycles. The standard InChI is InChI=1S/C27H28F3N3O2S/c1-35-21-7-5-20(6-8-21)32-12-13-33-24-9-4-19(27(28,29)30)15-18(24)16-23(25(33)17-32)26(34)31-11-10-22-3-2-14-36-22/h2-9,14-15,23,25H,10-13,16-17H2,1H3,(H,31,34)/t23-,25-/m1/s1. The minimum Gasteiger partial charge on any atom is -0.497 e. The summed E-state index contributed by atoms with van der Waals surface area (Å²) in [6.07, 6.45) is -3.41. The molecule has 1 amide bonds. The number of benzene rings is 2. The van der Waals surface area contributed by atoms with Crippen LogP contribution in [0.25, 0.3) is 0 Å². The molecule has 2 atom stereocenters. The van der Waals surface area contributed by atoms with Crippen molar-refractivity contribution >= 4 is 28.6 Å². The van der Waals surface area contributed by atoms with Crippen molar-refractivity contribution in [2.75, 3.05) is 43.1 Å². The van der Waals surface area contributed by atoms with Crippen molar-refractivity contribution in [1.29, 1.82) is 0 Å². The number of methoxy groups -OCH3 is 1. The largest absolute Gasteiger partial charge is 0.497 e. The summed E-state index contributed by atoms with van der Waals surface area (Å²) in [6.45, 7) is 2.43.